The maximum Gasteiger partial charge on any atom is 0.416 e. The minimum absolute atomic E-state index is 0.0182. The van der Waals surface area contributed by atoms with Gasteiger partial charge in [-0.1, -0.05) is 48.5 Å². The molecule has 6 nitrogen and oxygen atoms in total. The normalized spacial score (nSPS) is 11.6. The van der Waals surface area contributed by atoms with Crippen molar-refractivity contribution in [1.29, 1.82) is 0 Å². The zero-order chi connectivity index (χ0) is 27.2. The molecule has 0 unspecified atom stereocenters. The first-order valence-electron chi connectivity index (χ1n) is 11.5. The number of halogens is 3. The summed E-state index contributed by atoms with van der Waals surface area (Å²) >= 11 is 0. The summed E-state index contributed by atoms with van der Waals surface area (Å²) in [4.78, 5) is 12.8. The van der Waals surface area contributed by atoms with Gasteiger partial charge < -0.3 is 10.1 Å². The van der Waals surface area contributed by atoms with Crippen molar-refractivity contribution in [3.8, 4) is 11.5 Å². The first-order valence-corrected chi connectivity index (χ1v) is 12.9. The molecule has 4 rings (SSSR count). The Bertz CT molecular complexity index is 1480. The smallest absolute Gasteiger partial charge is 0.416 e. The van der Waals surface area contributed by atoms with E-state index in [1.54, 1.807) is 42.5 Å². The van der Waals surface area contributed by atoms with Crippen molar-refractivity contribution in [1.82, 2.24) is 5.32 Å². The standard InChI is InChI=1S/C28H23F3N2O4S/c29-28(30,31)22-9-7-8-21(18-22)19-32-27(34)20-33(38(35,36)26-12-5-2-6-13-26)23-14-16-25(17-15-23)37-24-10-3-1-4-11-24/h1-18H,19-20H2,(H,32,34). The van der Waals surface area contributed by atoms with Crippen molar-refractivity contribution in [3.63, 3.8) is 0 Å². The first kappa shape index (κ1) is 26.7. The Morgan fingerprint density at radius 3 is 2.03 bits per heavy atom. The van der Waals surface area contributed by atoms with Crippen LogP contribution in [0.25, 0.3) is 0 Å². The number of ether oxygens (including phenoxy) is 1. The summed E-state index contributed by atoms with van der Waals surface area (Å²) in [7, 11) is -4.15. The van der Waals surface area contributed by atoms with Gasteiger partial charge in [-0.2, -0.15) is 13.2 Å². The van der Waals surface area contributed by atoms with Crippen LogP contribution in [0, 0.1) is 0 Å². The number of carbonyl (C=O) groups excluding carboxylic acids is 1. The molecule has 0 bridgehead atoms. The average Bonchev–Trinajstić information content (AvgIpc) is 2.92. The SMILES string of the molecule is O=C(CN(c1ccc(Oc2ccccc2)cc1)S(=O)(=O)c1ccccc1)NCc1cccc(C(F)(F)F)c1. The lowest BCUT2D eigenvalue weighted by molar-refractivity contribution is -0.137. The molecule has 0 saturated carbocycles. The molecule has 10 heteroatoms. The Kier molecular flexibility index (Phi) is 8.02. The van der Waals surface area contributed by atoms with Crippen LogP contribution in [0.4, 0.5) is 18.9 Å². The zero-order valence-electron chi connectivity index (χ0n) is 19.9. The number of sulfonamides is 1. The fourth-order valence-corrected chi connectivity index (χ4v) is 5.03. The van der Waals surface area contributed by atoms with Gasteiger partial charge in [-0.3, -0.25) is 9.10 Å². The largest absolute Gasteiger partial charge is 0.457 e. The lowest BCUT2D eigenvalue weighted by Gasteiger charge is -2.24. The first-order chi connectivity index (χ1) is 18.1. The van der Waals surface area contributed by atoms with Crippen LogP contribution >= 0.6 is 0 Å². The van der Waals surface area contributed by atoms with E-state index in [1.807, 2.05) is 18.2 Å². The molecule has 38 heavy (non-hydrogen) atoms. The molecule has 0 aliphatic heterocycles. The van der Waals surface area contributed by atoms with Gasteiger partial charge in [0.25, 0.3) is 10.0 Å². The molecule has 4 aromatic rings. The van der Waals surface area contributed by atoms with Gasteiger partial charge in [-0.15, -0.1) is 0 Å². The highest BCUT2D eigenvalue weighted by Crippen LogP contribution is 2.30. The zero-order valence-corrected chi connectivity index (χ0v) is 20.7. The van der Waals surface area contributed by atoms with Crippen LogP contribution in [-0.2, 0) is 27.5 Å². The number of rotatable bonds is 9. The number of alkyl halides is 3. The average molecular weight is 541 g/mol. The Balaban J connectivity index is 1.54. The molecule has 1 amide bonds. The van der Waals surface area contributed by atoms with E-state index in [1.165, 1.54) is 36.4 Å². The van der Waals surface area contributed by atoms with Crippen molar-refractivity contribution >= 4 is 21.6 Å². The molecule has 1 N–H and O–H groups in total. The third kappa shape index (κ3) is 6.71. The molecule has 0 spiro atoms. The van der Waals surface area contributed by atoms with Crippen LogP contribution in [0.2, 0.25) is 0 Å². The van der Waals surface area contributed by atoms with E-state index < -0.39 is 34.2 Å². The highest BCUT2D eigenvalue weighted by Gasteiger charge is 2.30. The maximum absolute atomic E-state index is 13.5. The van der Waals surface area contributed by atoms with Crippen LogP contribution in [0.15, 0.2) is 114 Å². The number of benzene rings is 4. The Morgan fingerprint density at radius 1 is 0.789 bits per heavy atom. The molecule has 4 aromatic carbocycles. The number of nitrogens with zero attached hydrogens (tertiary/aromatic N) is 1. The number of nitrogens with one attached hydrogen (secondary N) is 1. The second kappa shape index (κ2) is 11.4. The molecule has 0 fully saturated rings. The number of para-hydroxylation sites is 1. The highest BCUT2D eigenvalue weighted by atomic mass is 32.2. The van der Waals surface area contributed by atoms with Gasteiger partial charge in [0, 0.05) is 6.54 Å². The number of hydrogen-bond donors (Lipinski definition) is 1. The fourth-order valence-electron chi connectivity index (χ4n) is 3.58. The minimum atomic E-state index is -4.52. The minimum Gasteiger partial charge on any atom is -0.457 e. The topological polar surface area (TPSA) is 75.7 Å². The summed E-state index contributed by atoms with van der Waals surface area (Å²) in [6.45, 7) is -0.791. The predicted molar refractivity (Wildman–Crippen MR) is 137 cm³/mol. The van der Waals surface area contributed by atoms with Crippen molar-refractivity contribution in [2.45, 2.75) is 17.6 Å². The number of hydrogen-bond acceptors (Lipinski definition) is 4. The molecule has 0 heterocycles. The van der Waals surface area contributed by atoms with E-state index in [2.05, 4.69) is 5.32 Å². The van der Waals surface area contributed by atoms with Gasteiger partial charge in [0.15, 0.2) is 0 Å². The summed E-state index contributed by atoms with van der Waals surface area (Å²) < 4.78 is 72.6. The lowest BCUT2D eigenvalue weighted by Crippen LogP contribution is -2.40. The molecular weight excluding hydrogens is 517 g/mol. The second-order valence-electron chi connectivity index (χ2n) is 8.21. The van der Waals surface area contributed by atoms with Crippen LogP contribution in [0.5, 0.6) is 11.5 Å². The summed E-state index contributed by atoms with van der Waals surface area (Å²) in [5, 5.41) is 2.51. The van der Waals surface area contributed by atoms with E-state index in [0.717, 1.165) is 16.4 Å². The van der Waals surface area contributed by atoms with E-state index in [9.17, 15) is 26.4 Å². The Hall–Kier alpha value is -4.31. The molecule has 0 aromatic heterocycles. The number of carbonyl (C=O) groups is 1. The van der Waals surface area contributed by atoms with Crippen molar-refractivity contribution in [3.05, 3.63) is 120 Å². The quantitative estimate of drug-likeness (QED) is 0.282. The summed E-state index contributed by atoms with van der Waals surface area (Å²) in [5.41, 5.74) is -0.396. The predicted octanol–water partition coefficient (Wildman–Crippen LogP) is 6.01. The van der Waals surface area contributed by atoms with Gasteiger partial charge in [0.2, 0.25) is 5.91 Å². The third-order valence-corrected chi connectivity index (χ3v) is 7.25. The van der Waals surface area contributed by atoms with E-state index in [0.29, 0.717) is 11.5 Å². The maximum atomic E-state index is 13.5. The van der Waals surface area contributed by atoms with Crippen molar-refractivity contribution in [2.24, 2.45) is 0 Å². The van der Waals surface area contributed by atoms with E-state index in [4.69, 9.17) is 4.74 Å². The molecular formula is C28H23F3N2O4S. The van der Waals surface area contributed by atoms with Crippen molar-refractivity contribution < 1.29 is 31.1 Å². The van der Waals surface area contributed by atoms with Crippen LogP contribution in [0.3, 0.4) is 0 Å². The van der Waals surface area contributed by atoms with Gasteiger partial charge in [0.1, 0.15) is 18.0 Å². The van der Waals surface area contributed by atoms with Gasteiger partial charge in [0.05, 0.1) is 16.1 Å². The Labute approximate surface area is 218 Å². The van der Waals surface area contributed by atoms with E-state index >= 15 is 0 Å². The van der Waals surface area contributed by atoms with Crippen molar-refractivity contribution in [2.75, 3.05) is 10.8 Å². The summed E-state index contributed by atoms with van der Waals surface area (Å²) in [6.07, 6.45) is -4.52. The van der Waals surface area contributed by atoms with Gasteiger partial charge in [-0.25, -0.2) is 8.42 Å². The summed E-state index contributed by atoms with van der Waals surface area (Å²) in [5.74, 6) is 0.375. The highest BCUT2D eigenvalue weighted by molar-refractivity contribution is 7.92. The Morgan fingerprint density at radius 2 is 1.39 bits per heavy atom. The second-order valence-corrected chi connectivity index (χ2v) is 10.1. The van der Waals surface area contributed by atoms with E-state index in [-0.39, 0.29) is 22.7 Å². The van der Waals surface area contributed by atoms with Gasteiger partial charge in [-0.05, 0) is 66.2 Å². The van der Waals surface area contributed by atoms with Gasteiger partial charge >= 0.3 is 6.18 Å². The lowest BCUT2D eigenvalue weighted by atomic mass is 10.1. The number of amides is 1. The molecule has 0 radical (unpaired) electrons. The molecule has 0 atom stereocenters. The third-order valence-electron chi connectivity index (χ3n) is 5.47. The number of anilines is 1. The molecule has 0 aliphatic rings. The van der Waals surface area contributed by atoms with Crippen LogP contribution < -0.4 is 14.4 Å². The molecule has 0 saturated heterocycles. The summed E-state index contributed by atoms with van der Waals surface area (Å²) in [6, 6.07) is 27.4. The molecule has 196 valence electrons. The fraction of sp³-hybridized carbons (Fsp3) is 0.107. The monoisotopic (exact) mass is 540 g/mol. The molecule has 0 aliphatic carbocycles. The van der Waals surface area contributed by atoms with Crippen LogP contribution in [-0.4, -0.2) is 20.9 Å². The van der Waals surface area contributed by atoms with Crippen LogP contribution in [0.1, 0.15) is 11.1 Å².